The molecule has 0 amide bonds. The number of sulfonamides is 1. The molecule has 0 N–H and O–H groups in total. The Morgan fingerprint density at radius 2 is 1.68 bits per heavy atom. The second kappa shape index (κ2) is 9.80. The monoisotopic (exact) mass is 460 g/mol. The normalized spacial score (nSPS) is 11.8. The fourth-order valence-electron chi connectivity index (χ4n) is 3.24. The molecular weight excluding hydrogens is 432 g/mol. The highest BCUT2D eigenvalue weighted by atomic mass is 32.2. The minimum Gasteiger partial charge on any atom is -0.497 e. The van der Waals surface area contributed by atoms with Crippen LogP contribution in [0.3, 0.4) is 0 Å². The Balaban J connectivity index is 1.72. The average Bonchev–Trinajstić information content (AvgIpc) is 3.17. The summed E-state index contributed by atoms with van der Waals surface area (Å²) in [6.07, 6.45) is 0. The van der Waals surface area contributed by atoms with Crippen molar-refractivity contribution >= 4 is 21.4 Å². The van der Waals surface area contributed by atoms with Crippen LogP contribution in [0, 0.1) is 13.8 Å². The fraction of sp³-hybridized carbons (Fsp3) is 0.348. The van der Waals surface area contributed by atoms with E-state index in [1.165, 1.54) is 15.6 Å². The molecule has 1 heterocycles. The number of methoxy groups -OCH3 is 1. The van der Waals surface area contributed by atoms with Crippen molar-refractivity contribution in [2.45, 2.75) is 51.8 Å². The van der Waals surface area contributed by atoms with E-state index >= 15 is 0 Å². The van der Waals surface area contributed by atoms with E-state index in [0.29, 0.717) is 18.1 Å². The van der Waals surface area contributed by atoms with Crippen LogP contribution in [0.5, 0.6) is 11.5 Å². The van der Waals surface area contributed by atoms with Gasteiger partial charge in [0, 0.05) is 11.4 Å². The number of aryl methyl sites for hydroxylation is 2. The number of ether oxygens (including phenoxy) is 2. The van der Waals surface area contributed by atoms with E-state index in [1.807, 2.05) is 45.2 Å². The molecule has 0 aliphatic rings. The summed E-state index contributed by atoms with van der Waals surface area (Å²) in [6, 6.07) is 12.3. The van der Waals surface area contributed by atoms with Gasteiger partial charge in [-0.2, -0.15) is 4.31 Å². The van der Waals surface area contributed by atoms with Crippen LogP contribution in [0.25, 0.3) is 0 Å². The first-order chi connectivity index (χ1) is 14.7. The smallest absolute Gasteiger partial charge is 0.243 e. The summed E-state index contributed by atoms with van der Waals surface area (Å²) in [5.41, 5.74) is 2.99. The molecular formula is C23H28N2O4S2. The van der Waals surface area contributed by atoms with Crippen molar-refractivity contribution in [3.05, 3.63) is 69.7 Å². The number of hydrogen-bond acceptors (Lipinski definition) is 6. The molecule has 0 atom stereocenters. The number of aromatic nitrogens is 1. The average molecular weight is 461 g/mol. The third-order valence-electron chi connectivity index (χ3n) is 4.72. The van der Waals surface area contributed by atoms with Crippen LogP contribution in [0.1, 0.15) is 35.7 Å². The molecule has 8 heteroatoms. The van der Waals surface area contributed by atoms with E-state index in [4.69, 9.17) is 9.47 Å². The molecule has 0 unspecified atom stereocenters. The molecule has 3 rings (SSSR count). The minimum absolute atomic E-state index is 0.200. The van der Waals surface area contributed by atoms with Gasteiger partial charge >= 0.3 is 0 Å². The molecule has 3 aromatic rings. The van der Waals surface area contributed by atoms with Gasteiger partial charge in [-0.05, 0) is 75.2 Å². The van der Waals surface area contributed by atoms with Gasteiger partial charge in [0.15, 0.2) is 0 Å². The van der Waals surface area contributed by atoms with Gasteiger partial charge in [-0.3, -0.25) is 0 Å². The lowest BCUT2D eigenvalue weighted by atomic mass is 10.1. The first-order valence-corrected chi connectivity index (χ1v) is 12.3. The standard InChI is InChI=1S/C23H28N2O4S2/c1-16(2)25(31(26,27)22-8-6-20(28-5)7-9-22)13-19-15-30-23(24-19)14-29-21-11-17(3)10-18(4)12-21/h6-12,15-16H,13-14H2,1-5H3. The summed E-state index contributed by atoms with van der Waals surface area (Å²) >= 11 is 1.47. The first kappa shape index (κ1) is 23.2. The highest BCUT2D eigenvalue weighted by Crippen LogP contribution is 2.24. The van der Waals surface area contributed by atoms with Crippen molar-refractivity contribution in [1.82, 2.24) is 9.29 Å². The number of rotatable bonds is 9. The Bertz CT molecular complexity index is 1100. The summed E-state index contributed by atoms with van der Waals surface area (Å²) < 4.78 is 38.9. The molecule has 1 aromatic heterocycles. The van der Waals surface area contributed by atoms with Gasteiger partial charge in [0.25, 0.3) is 0 Å². The van der Waals surface area contributed by atoms with E-state index in [1.54, 1.807) is 31.4 Å². The van der Waals surface area contributed by atoms with Gasteiger partial charge in [-0.25, -0.2) is 13.4 Å². The number of hydrogen-bond donors (Lipinski definition) is 0. The summed E-state index contributed by atoms with van der Waals surface area (Å²) in [7, 11) is -2.12. The largest absolute Gasteiger partial charge is 0.497 e. The topological polar surface area (TPSA) is 68.7 Å². The molecule has 0 bridgehead atoms. The van der Waals surface area contributed by atoms with Gasteiger partial charge in [-0.15, -0.1) is 11.3 Å². The lowest BCUT2D eigenvalue weighted by Crippen LogP contribution is -2.36. The molecule has 0 aliphatic carbocycles. The van der Waals surface area contributed by atoms with Crippen LogP contribution in [-0.4, -0.2) is 30.9 Å². The van der Waals surface area contributed by atoms with Crippen molar-refractivity contribution in [3.63, 3.8) is 0 Å². The Kier molecular flexibility index (Phi) is 7.35. The third-order valence-corrected chi connectivity index (χ3v) is 7.62. The third kappa shape index (κ3) is 5.84. The van der Waals surface area contributed by atoms with Crippen LogP contribution < -0.4 is 9.47 Å². The van der Waals surface area contributed by atoms with Crippen molar-refractivity contribution in [1.29, 1.82) is 0 Å². The van der Waals surface area contributed by atoms with E-state index in [9.17, 15) is 8.42 Å². The molecule has 0 saturated carbocycles. The molecule has 0 fully saturated rings. The summed E-state index contributed by atoms with van der Waals surface area (Å²) in [5.74, 6) is 1.42. The summed E-state index contributed by atoms with van der Waals surface area (Å²) in [5, 5.41) is 2.69. The first-order valence-electron chi connectivity index (χ1n) is 9.99. The molecule has 0 aliphatic heterocycles. The maximum atomic E-state index is 13.2. The predicted octanol–water partition coefficient (Wildman–Crippen LogP) is 4.95. The van der Waals surface area contributed by atoms with Crippen molar-refractivity contribution < 1.29 is 17.9 Å². The van der Waals surface area contributed by atoms with E-state index in [2.05, 4.69) is 11.1 Å². The Morgan fingerprint density at radius 1 is 1.03 bits per heavy atom. The summed E-state index contributed by atoms with van der Waals surface area (Å²) in [4.78, 5) is 4.83. The zero-order chi connectivity index (χ0) is 22.6. The Hall–Kier alpha value is -2.42. The molecule has 0 radical (unpaired) electrons. The molecule has 2 aromatic carbocycles. The van der Waals surface area contributed by atoms with Crippen LogP contribution >= 0.6 is 11.3 Å². The minimum atomic E-state index is -3.67. The molecule has 0 saturated heterocycles. The molecule has 166 valence electrons. The lowest BCUT2D eigenvalue weighted by Gasteiger charge is -2.25. The van der Waals surface area contributed by atoms with E-state index in [-0.39, 0.29) is 17.5 Å². The van der Waals surface area contributed by atoms with Gasteiger partial charge in [0.2, 0.25) is 10.0 Å². The molecule has 6 nitrogen and oxygen atoms in total. The van der Waals surface area contributed by atoms with Crippen LogP contribution in [-0.2, 0) is 23.2 Å². The molecule has 0 spiro atoms. The molecule has 31 heavy (non-hydrogen) atoms. The summed E-state index contributed by atoms with van der Waals surface area (Å²) in [6.45, 7) is 8.33. The van der Waals surface area contributed by atoms with E-state index in [0.717, 1.165) is 21.9 Å². The van der Waals surface area contributed by atoms with Gasteiger partial charge < -0.3 is 9.47 Å². The van der Waals surface area contributed by atoms with Crippen LogP contribution in [0.15, 0.2) is 52.7 Å². The quantitative estimate of drug-likeness (QED) is 0.452. The van der Waals surface area contributed by atoms with Gasteiger partial charge in [-0.1, -0.05) is 6.07 Å². The Labute approximate surface area is 188 Å². The number of benzene rings is 2. The van der Waals surface area contributed by atoms with Gasteiger partial charge in [0.05, 0.1) is 24.2 Å². The van der Waals surface area contributed by atoms with Crippen molar-refractivity contribution in [2.75, 3.05) is 7.11 Å². The zero-order valence-electron chi connectivity index (χ0n) is 18.5. The zero-order valence-corrected chi connectivity index (χ0v) is 20.1. The van der Waals surface area contributed by atoms with E-state index < -0.39 is 10.0 Å². The SMILES string of the molecule is COc1ccc(S(=O)(=O)N(Cc2csc(COc3cc(C)cc(C)c3)n2)C(C)C)cc1. The van der Waals surface area contributed by atoms with Crippen molar-refractivity contribution in [2.24, 2.45) is 0 Å². The maximum Gasteiger partial charge on any atom is 0.243 e. The number of thiazole rings is 1. The highest BCUT2D eigenvalue weighted by molar-refractivity contribution is 7.89. The lowest BCUT2D eigenvalue weighted by molar-refractivity contribution is 0.304. The van der Waals surface area contributed by atoms with Crippen LogP contribution in [0.2, 0.25) is 0 Å². The van der Waals surface area contributed by atoms with Gasteiger partial charge in [0.1, 0.15) is 23.1 Å². The maximum absolute atomic E-state index is 13.2. The number of nitrogens with zero attached hydrogens (tertiary/aromatic N) is 2. The Morgan fingerprint density at radius 3 is 2.26 bits per heavy atom. The van der Waals surface area contributed by atoms with Crippen LogP contribution in [0.4, 0.5) is 0 Å². The predicted molar refractivity (Wildman–Crippen MR) is 123 cm³/mol. The highest BCUT2D eigenvalue weighted by Gasteiger charge is 2.28. The second-order valence-corrected chi connectivity index (χ2v) is 10.5. The second-order valence-electron chi connectivity index (χ2n) is 7.66. The van der Waals surface area contributed by atoms with Crippen molar-refractivity contribution in [3.8, 4) is 11.5 Å². The fourth-order valence-corrected chi connectivity index (χ4v) is 5.54.